The predicted octanol–water partition coefficient (Wildman–Crippen LogP) is 5.25. The monoisotopic (exact) mass is 402 g/mol. The maximum atomic E-state index is 12.1. The zero-order valence-corrected chi connectivity index (χ0v) is 17.2. The predicted molar refractivity (Wildman–Crippen MR) is 122 cm³/mol. The molecule has 0 saturated carbocycles. The molecule has 2 aromatic carbocycles. The fraction of sp³-hybridized carbons (Fsp3) is 0.0870. The molecule has 0 atom stereocenters. The first-order valence-electron chi connectivity index (χ1n) is 9.11. The number of hydrogen-bond acceptors (Lipinski definition) is 4. The third-order valence-corrected chi connectivity index (χ3v) is 5.27. The van der Waals surface area contributed by atoms with Crippen LogP contribution < -0.4 is 5.32 Å². The van der Waals surface area contributed by atoms with E-state index in [0.29, 0.717) is 5.56 Å². The van der Waals surface area contributed by atoms with Crippen molar-refractivity contribution in [1.29, 1.82) is 0 Å². The molecule has 0 aliphatic rings. The van der Waals surface area contributed by atoms with Gasteiger partial charge < -0.3 is 5.32 Å². The Labute approximate surface area is 174 Å². The number of benzene rings is 2. The van der Waals surface area contributed by atoms with Crippen LogP contribution in [0.1, 0.15) is 23.0 Å². The zero-order valence-electron chi connectivity index (χ0n) is 16.3. The molecule has 0 fully saturated rings. The molecule has 0 saturated heterocycles. The van der Waals surface area contributed by atoms with Crippen molar-refractivity contribution in [3.63, 3.8) is 0 Å². The minimum Gasteiger partial charge on any atom is -0.355 e. The summed E-state index contributed by atoms with van der Waals surface area (Å²) in [5, 5.41) is 11.2. The number of amides is 1. The molecule has 1 aromatic heterocycles. The Balaban J connectivity index is 1.86. The van der Waals surface area contributed by atoms with Crippen molar-refractivity contribution in [2.45, 2.75) is 16.7 Å². The van der Waals surface area contributed by atoms with Gasteiger partial charge in [0.15, 0.2) is 0 Å². The molecule has 0 radical (unpaired) electrons. The van der Waals surface area contributed by atoms with Crippen LogP contribution in [0.2, 0.25) is 0 Å². The Kier molecular flexibility index (Phi) is 6.81. The molecule has 3 rings (SSSR count). The first-order valence-corrected chi connectivity index (χ1v) is 9.92. The molecule has 1 heterocycles. The average molecular weight is 403 g/mol. The first kappa shape index (κ1) is 20.4. The Morgan fingerprint density at radius 3 is 2.86 bits per heavy atom. The lowest BCUT2D eigenvalue weighted by Crippen LogP contribution is -2.18. The number of aliphatic imine (C=N–C) groups is 1. The van der Waals surface area contributed by atoms with Gasteiger partial charge in [0.1, 0.15) is 0 Å². The zero-order chi connectivity index (χ0) is 20.6. The lowest BCUT2D eigenvalue weighted by Gasteiger charge is -2.08. The molecule has 2 N–H and O–H groups in total. The van der Waals surface area contributed by atoms with Crippen molar-refractivity contribution in [2.24, 2.45) is 4.99 Å². The van der Waals surface area contributed by atoms with Gasteiger partial charge in [-0.3, -0.25) is 14.9 Å². The highest BCUT2D eigenvalue weighted by molar-refractivity contribution is 7.99. The summed E-state index contributed by atoms with van der Waals surface area (Å²) in [6.07, 6.45) is 9.53. The summed E-state index contributed by atoms with van der Waals surface area (Å²) in [6, 6.07) is 13.7. The second kappa shape index (κ2) is 9.71. The van der Waals surface area contributed by atoms with Gasteiger partial charge in [0.05, 0.1) is 22.5 Å². The highest BCUT2D eigenvalue weighted by atomic mass is 32.2. The molecule has 0 bridgehead atoms. The van der Waals surface area contributed by atoms with E-state index < -0.39 is 0 Å². The summed E-state index contributed by atoms with van der Waals surface area (Å²) in [5.41, 5.74) is 3.18. The fourth-order valence-corrected chi connectivity index (χ4v) is 3.72. The van der Waals surface area contributed by atoms with Crippen molar-refractivity contribution in [3.8, 4) is 0 Å². The molecule has 146 valence electrons. The number of nitrogens with one attached hydrogen (secondary N) is 2. The van der Waals surface area contributed by atoms with E-state index in [4.69, 9.17) is 0 Å². The van der Waals surface area contributed by atoms with E-state index in [-0.39, 0.29) is 5.91 Å². The van der Waals surface area contributed by atoms with Crippen LogP contribution in [-0.4, -0.2) is 29.9 Å². The number of aromatic amines is 1. The van der Waals surface area contributed by atoms with Gasteiger partial charge in [-0.1, -0.05) is 36.0 Å². The molecule has 6 heteroatoms. The number of rotatable bonds is 7. The van der Waals surface area contributed by atoms with Crippen LogP contribution in [0.3, 0.4) is 0 Å². The summed E-state index contributed by atoms with van der Waals surface area (Å²) in [6.45, 7) is 5.54. The molecule has 1 amide bonds. The van der Waals surface area contributed by atoms with Crippen LogP contribution in [0.5, 0.6) is 0 Å². The van der Waals surface area contributed by atoms with Crippen molar-refractivity contribution >= 4 is 41.4 Å². The Hall–Kier alpha value is -3.38. The van der Waals surface area contributed by atoms with Crippen molar-refractivity contribution < 1.29 is 4.79 Å². The lowest BCUT2D eigenvalue weighted by molar-refractivity contribution is 0.0960. The van der Waals surface area contributed by atoms with Crippen LogP contribution in [0, 0.1) is 0 Å². The van der Waals surface area contributed by atoms with E-state index in [9.17, 15) is 4.79 Å². The molecule has 3 aromatic rings. The summed E-state index contributed by atoms with van der Waals surface area (Å²) >= 11 is 1.55. The summed E-state index contributed by atoms with van der Waals surface area (Å²) in [4.78, 5) is 18.0. The number of carbonyl (C=O) groups is 1. The van der Waals surface area contributed by atoms with Crippen LogP contribution in [0.15, 0.2) is 87.2 Å². The Bertz CT molecular complexity index is 1120. The van der Waals surface area contributed by atoms with E-state index in [0.717, 1.165) is 32.1 Å². The van der Waals surface area contributed by atoms with Crippen molar-refractivity contribution in [1.82, 2.24) is 15.5 Å². The van der Waals surface area contributed by atoms with Crippen LogP contribution in [0.25, 0.3) is 17.0 Å². The van der Waals surface area contributed by atoms with Crippen LogP contribution >= 0.6 is 11.8 Å². The van der Waals surface area contributed by atoms with Crippen LogP contribution in [-0.2, 0) is 0 Å². The van der Waals surface area contributed by atoms with E-state index >= 15 is 0 Å². The van der Waals surface area contributed by atoms with E-state index in [1.165, 1.54) is 0 Å². The van der Waals surface area contributed by atoms with E-state index in [1.807, 2.05) is 79.8 Å². The molecule has 0 spiro atoms. The average Bonchev–Trinajstić information content (AvgIpc) is 3.16. The molecular formula is C23H22N4OS. The second-order valence-corrected chi connectivity index (χ2v) is 7.22. The number of carbonyl (C=O) groups excluding carboxylic acids is 1. The number of aromatic nitrogens is 2. The van der Waals surface area contributed by atoms with Gasteiger partial charge in [-0.15, -0.1) is 0 Å². The van der Waals surface area contributed by atoms with Gasteiger partial charge in [-0.05, 0) is 62.2 Å². The normalized spacial score (nSPS) is 12.1. The smallest absolute Gasteiger partial charge is 0.252 e. The quantitative estimate of drug-likeness (QED) is 0.419. The standard InChI is InChI=1S/C23H22N4OS/c1-4-5-8-16(24-2)11-14-20-18-13-12-17(15-21(18)27-26-20)29-22-10-7-6-9-19(22)23(28)25-3/h4-15H,2H2,1,3H3,(H,25,28)(H,26,27)/b5-4-,14-11+,16-8-. The Morgan fingerprint density at radius 1 is 1.28 bits per heavy atom. The lowest BCUT2D eigenvalue weighted by atomic mass is 10.2. The number of nitrogens with zero attached hydrogens (tertiary/aromatic N) is 2. The topological polar surface area (TPSA) is 70.1 Å². The van der Waals surface area contributed by atoms with Gasteiger partial charge in [0, 0.05) is 22.2 Å². The van der Waals surface area contributed by atoms with Gasteiger partial charge in [0.25, 0.3) is 5.91 Å². The second-order valence-electron chi connectivity index (χ2n) is 6.10. The summed E-state index contributed by atoms with van der Waals surface area (Å²) in [5.74, 6) is -0.0965. The molecule has 0 aliphatic heterocycles. The Morgan fingerprint density at radius 2 is 2.10 bits per heavy atom. The number of allylic oxidation sites excluding steroid dienone is 4. The number of fused-ring (bicyclic) bond motifs is 1. The number of H-pyrrole nitrogens is 1. The fourth-order valence-electron chi connectivity index (χ4n) is 2.74. The van der Waals surface area contributed by atoms with Crippen molar-refractivity contribution in [3.05, 3.63) is 83.7 Å². The van der Waals surface area contributed by atoms with Gasteiger partial charge >= 0.3 is 0 Å². The van der Waals surface area contributed by atoms with E-state index in [2.05, 4.69) is 27.2 Å². The highest BCUT2D eigenvalue weighted by Crippen LogP contribution is 2.32. The maximum Gasteiger partial charge on any atom is 0.252 e. The summed E-state index contributed by atoms with van der Waals surface area (Å²) in [7, 11) is 1.64. The molecule has 0 aliphatic carbocycles. The molecular weight excluding hydrogens is 380 g/mol. The molecule has 29 heavy (non-hydrogen) atoms. The first-order chi connectivity index (χ1) is 14.2. The third-order valence-electron chi connectivity index (χ3n) is 4.20. The molecule has 0 unspecified atom stereocenters. The molecule has 5 nitrogen and oxygen atoms in total. The highest BCUT2D eigenvalue weighted by Gasteiger charge is 2.11. The van der Waals surface area contributed by atoms with Gasteiger partial charge in [0.2, 0.25) is 0 Å². The SMILES string of the molecule is C=NC(=C\C=C/C)/C=C/c1n[nH]c2cc(Sc3ccccc3C(=O)NC)ccc12. The maximum absolute atomic E-state index is 12.1. The third kappa shape index (κ3) is 4.92. The largest absolute Gasteiger partial charge is 0.355 e. The minimum absolute atomic E-state index is 0.0965. The summed E-state index contributed by atoms with van der Waals surface area (Å²) < 4.78 is 0. The van der Waals surface area contributed by atoms with Gasteiger partial charge in [-0.2, -0.15) is 5.10 Å². The van der Waals surface area contributed by atoms with E-state index in [1.54, 1.807) is 18.8 Å². The van der Waals surface area contributed by atoms with Crippen LogP contribution in [0.4, 0.5) is 0 Å². The van der Waals surface area contributed by atoms with Crippen molar-refractivity contribution in [2.75, 3.05) is 7.05 Å². The van der Waals surface area contributed by atoms with Gasteiger partial charge in [-0.25, -0.2) is 0 Å². The minimum atomic E-state index is -0.0965. The number of hydrogen-bond donors (Lipinski definition) is 2.